The minimum atomic E-state index is -0.124. The second kappa shape index (κ2) is 8.47. The zero-order valence-corrected chi connectivity index (χ0v) is 18.5. The third-order valence-electron chi connectivity index (χ3n) is 5.70. The van der Waals surface area contributed by atoms with E-state index in [2.05, 4.69) is 16.9 Å². The number of nitrogens with zero attached hydrogens (tertiary/aromatic N) is 5. The Hall–Kier alpha value is -2.87. The van der Waals surface area contributed by atoms with Crippen molar-refractivity contribution < 1.29 is 4.79 Å². The molecular weight excluding hydrogens is 398 g/mol. The quantitative estimate of drug-likeness (QED) is 0.610. The summed E-state index contributed by atoms with van der Waals surface area (Å²) in [6.07, 6.45) is 2.51. The summed E-state index contributed by atoms with van der Waals surface area (Å²) in [5.74, 6) is 0.258. The Balaban J connectivity index is 1.65. The largest absolute Gasteiger partial charge is 0.343 e. The van der Waals surface area contributed by atoms with Crippen LogP contribution < -0.4 is 10.4 Å². The molecule has 2 aromatic heterocycles. The van der Waals surface area contributed by atoms with Crippen LogP contribution in [0.1, 0.15) is 30.7 Å². The van der Waals surface area contributed by atoms with Gasteiger partial charge in [-0.25, -0.2) is 9.67 Å². The van der Waals surface area contributed by atoms with Gasteiger partial charge in [-0.15, -0.1) is 11.3 Å². The number of aromatic nitrogens is 3. The molecule has 158 valence electrons. The summed E-state index contributed by atoms with van der Waals surface area (Å²) >= 11 is 1.54. The van der Waals surface area contributed by atoms with Gasteiger partial charge < -0.3 is 9.47 Å². The van der Waals surface area contributed by atoms with E-state index in [0.717, 1.165) is 54.4 Å². The first-order valence-corrected chi connectivity index (χ1v) is 11.2. The predicted molar refractivity (Wildman–Crippen MR) is 118 cm³/mol. The molecule has 0 unspecified atom stereocenters. The molecule has 8 heteroatoms. The van der Waals surface area contributed by atoms with E-state index >= 15 is 0 Å². The molecule has 3 aromatic rings. The summed E-state index contributed by atoms with van der Waals surface area (Å²) in [7, 11) is 1.88. The Kier molecular flexibility index (Phi) is 5.76. The van der Waals surface area contributed by atoms with Gasteiger partial charge in [0.15, 0.2) is 10.5 Å². The van der Waals surface area contributed by atoms with E-state index < -0.39 is 0 Å². The van der Waals surface area contributed by atoms with E-state index in [0.29, 0.717) is 12.1 Å². The molecule has 1 amide bonds. The van der Waals surface area contributed by atoms with Crippen molar-refractivity contribution in [3.8, 4) is 5.69 Å². The maximum Gasteiger partial charge on any atom is 0.297 e. The Morgan fingerprint density at radius 3 is 2.57 bits per heavy atom. The molecule has 3 heterocycles. The van der Waals surface area contributed by atoms with Crippen molar-refractivity contribution in [3.63, 3.8) is 0 Å². The zero-order valence-electron chi connectivity index (χ0n) is 17.7. The first kappa shape index (κ1) is 20.4. The molecule has 1 fully saturated rings. The summed E-state index contributed by atoms with van der Waals surface area (Å²) in [5, 5.41) is 2.06. The van der Waals surface area contributed by atoms with Crippen LogP contribution in [0.5, 0.6) is 0 Å². The Morgan fingerprint density at radius 2 is 1.87 bits per heavy atom. The van der Waals surface area contributed by atoms with E-state index in [1.807, 2.05) is 53.9 Å². The van der Waals surface area contributed by atoms with Crippen molar-refractivity contribution >= 4 is 22.9 Å². The monoisotopic (exact) mass is 425 g/mol. The van der Waals surface area contributed by atoms with Crippen LogP contribution in [0.25, 0.3) is 5.69 Å². The molecule has 30 heavy (non-hydrogen) atoms. The molecular formula is C22H27N5O2S. The van der Waals surface area contributed by atoms with Crippen molar-refractivity contribution in [1.82, 2.24) is 18.8 Å². The third kappa shape index (κ3) is 3.79. The maximum atomic E-state index is 13.2. The normalized spacial score (nSPS) is 14.8. The lowest BCUT2D eigenvalue weighted by molar-refractivity contribution is -0.127. The summed E-state index contributed by atoms with van der Waals surface area (Å²) in [4.78, 5) is 32.5. The highest BCUT2D eigenvalue weighted by atomic mass is 32.1. The Labute approximate surface area is 179 Å². The number of para-hydroxylation sites is 1. The number of rotatable bonds is 6. The second-order valence-corrected chi connectivity index (χ2v) is 8.51. The zero-order chi connectivity index (χ0) is 21.3. The molecule has 0 atom stereocenters. The Bertz CT molecular complexity index is 1180. The van der Waals surface area contributed by atoms with Crippen molar-refractivity contribution in [2.75, 3.05) is 13.1 Å². The minimum absolute atomic E-state index is 0.124. The number of hydrogen-bond acceptors (Lipinski definition) is 4. The van der Waals surface area contributed by atoms with E-state index in [4.69, 9.17) is 4.99 Å². The first-order chi connectivity index (χ1) is 14.5. The smallest absolute Gasteiger partial charge is 0.297 e. The van der Waals surface area contributed by atoms with Gasteiger partial charge in [-0.1, -0.05) is 18.2 Å². The van der Waals surface area contributed by atoms with Crippen LogP contribution in [0.4, 0.5) is 5.69 Å². The fourth-order valence-electron chi connectivity index (χ4n) is 3.91. The minimum Gasteiger partial charge on any atom is -0.343 e. The van der Waals surface area contributed by atoms with Gasteiger partial charge >= 0.3 is 0 Å². The van der Waals surface area contributed by atoms with E-state index in [1.54, 1.807) is 16.0 Å². The predicted octanol–water partition coefficient (Wildman–Crippen LogP) is 2.90. The molecule has 0 saturated carbocycles. The van der Waals surface area contributed by atoms with Crippen LogP contribution in [-0.4, -0.2) is 37.8 Å². The number of hydrogen-bond donors (Lipinski definition) is 0. The van der Waals surface area contributed by atoms with Gasteiger partial charge in [0.1, 0.15) is 0 Å². The lowest BCUT2D eigenvalue weighted by Gasteiger charge is -2.15. The number of thiazole rings is 1. The highest BCUT2D eigenvalue weighted by molar-refractivity contribution is 7.07. The van der Waals surface area contributed by atoms with Crippen LogP contribution in [0.2, 0.25) is 0 Å². The highest BCUT2D eigenvalue weighted by Crippen LogP contribution is 2.17. The van der Waals surface area contributed by atoms with Crippen molar-refractivity contribution in [2.24, 2.45) is 12.0 Å². The van der Waals surface area contributed by atoms with Crippen LogP contribution in [0.3, 0.4) is 0 Å². The SMILES string of the molecule is Cc1csc(=Nc2c(C)n(C)n(-c3ccccc3)c2=O)n1CCCN1CCCC1=O. The number of amides is 1. The van der Waals surface area contributed by atoms with E-state index in [9.17, 15) is 9.59 Å². The summed E-state index contributed by atoms with van der Waals surface area (Å²) in [5.41, 5.74) is 3.10. The average molecular weight is 426 g/mol. The molecule has 1 aliphatic rings. The van der Waals surface area contributed by atoms with Gasteiger partial charge in [-0.2, -0.15) is 0 Å². The van der Waals surface area contributed by atoms with E-state index in [1.165, 1.54) is 0 Å². The number of carbonyl (C=O) groups is 1. The lowest BCUT2D eigenvalue weighted by Crippen LogP contribution is -2.27. The lowest BCUT2D eigenvalue weighted by atomic mass is 10.3. The number of likely N-dealkylation sites (tertiary alicyclic amines) is 1. The molecule has 0 radical (unpaired) electrons. The molecule has 1 aromatic carbocycles. The van der Waals surface area contributed by atoms with Gasteiger partial charge in [-0.05, 0) is 38.8 Å². The summed E-state index contributed by atoms with van der Waals surface area (Å²) in [6.45, 7) is 6.38. The van der Waals surface area contributed by atoms with Gasteiger partial charge in [0.2, 0.25) is 5.91 Å². The molecule has 4 rings (SSSR count). The fraction of sp³-hybridized carbons (Fsp3) is 0.409. The van der Waals surface area contributed by atoms with Crippen LogP contribution in [0.15, 0.2) is 45.5 Å². The van der Waals surface area contributed by atoms with Crippen molar-refractivity contribution in [1.29, 1.82) is 0 Å². The molecule has 1 aliphatic heterocycles. The number of aryl methyl sites for hydroxylation is 1. The topological polar surface area (TPSA) is 64.5 Å². The fourth-order valence-corrected chi connectivity index (χ4v) is 4.82. The first-order valence-electron chi connectivity index (χ1n) is 10.3. The van der Waals surface area contributed by atoms with Gasteiger partial charge in [0.25, 0.3) is 5.56 Å². The standard InChI is InChI=1S/C22H27N5O2S/c1-16-15-30-22(26(16)14-8-13-25-12-7-11-19(25)28)23-20-17(2)24(3)27(21(20)29)18-9-5-4-6-10-18/h4-6,9-10,15H,7-8,11-14H2,1-3H3. The number of benzene rings is 1. The van der Waals surface area contributed by atoms with Crippen molar-refractivity contribution in [3.05, 3.63) is 62.3 Å². The maximum absolute atomic E-state index is 13.2. The summed E-state index contributed by atoms with van der Waals surface area (Å²) < 4.78 is 5.64. The molecule has 0 bridgehead atoms. The van der Waals surface area contributed by atoms with Crippen LogP contribution in [0, 0.1) is 13.8 Å². The third-order valence-corrected chi connectivity index (χ3v) is 6.69. The van der Waals surface area contributed by atoms with Crippen LogP contribution in [-0.2, 0) is 18.4 Å². The van der Waals surface area contributed by atoms with E-state index in [-0.39, 0.29) is 11.5 Å². The van der Waals surface area contributed by atoms with Gasteiger partial charge in [-0.3, -0.25) is 14.3 Å². The van der Waals surface area contributed by atoms with Gasteiger partial charge in [0, 0.05) is 44.2 Å². The van der Waals surface area contributed by atoms with Crippen molar-refractivity contribution in [2.45, 2.75) is 39.7 Å². The van der Waals surface area contributed by atoms with Gasteiger partial charge in [0.05, 0.1) is 11.4 Å². The summed E-state index contributed by atoms with van der Waals surface area (Å²) in [6, 6.07) is 9.60. The Morgan fingerprint density at radius 1 is 1.10 bits per heavy atom. The molecule has 1 saturated heterocycles. The molecule has 7 nitrogen and oxygen atoms in total. The molecule has 0 N–H and O–H groups in total. The second-order valence-electron chi connectivity index (χ2n) is 7.67. The number of carbonyl (C=O) groups excluding carboxylic acids is 1. The highest BCUT2D eigenvalue weighted by Gasteiger charge is 2.19. The average Bonchev–Trinajstić information content (AvgIpc) is 3.37. The van der Waals surface area contributed by atoms with Crippen LogP contribution >= 0.6 is 11.3 Å². The molecule has 0 aliphatic carbocycles. The molecule has 0 spiro atoms.